The fourth-order valence-electron chi connectivity index (χ4n) is 2.73. The number of carbonyl (C=O) groups is 1. The van der Waals surface area contributed by atoms with Gasteiger partial charge in [0.2, 0.25) is 0 Å². The quantitative estimate of drug-likeness (QED) is 0.667. The van der Waals surface area contributed by atoms with Gasteiger partial charge < -0.3 is 10.4 Å². The third-order valence-electron chi connectivity index (χ3n) is 3.53. The maximum atomic E-state index is 10.8. The van der Waals surface area contributed by atoms with Crippen LogP contribution in [0.2, 0.25) is 0 Å². The standard InChI is InChI=1S/C10H17NO2.C3H4/c12-10(13)9-5-7-3-1-2-4-8(7)6-11-9;1-3-2/h7-9,11H,1-6H2,(H,12,13);1H,2H3/t7-,8+,9-;/m0./s1. The van der Waals surface area contributed by atoms with Gasteiger partial charge in [-0.25, -0.2) is 0 Å². The van der Waals surface area contributed by atoms with E-state index in [0.717, 1.165) is 18.9 Å². The molecule has 3 nitrogen and oxygen atoms in total. The number of fused-ring (bicyclic) bond motifs is 1. The van der Waals surface area contributed by atoms with Crippen LogP contribution in [0.1, 0.15) is 39.0 Å². The van der Waals surface area contributed by atoms with Gasteiger partial charge in [0.1, 0.15) is 6.04 Å². The lowest BCUT2D eigenvalue weighted by Gasteiger charge is -2.38. The average molecular weight is 223 g/mol. The molecule has 0 aromatic carbocycles. The molecule has 90 valence electrons. The summed E-state index contributed by atoms with van der Waals surface area (Å²) in [6.45, 7) is 2.57. The number of rotatable bonds is 1. The molecule has 2 rings (SSSR count). The summed E-state index contributed by atoms with van der Waals surface area (Å²) in [7, 11) is 0. The first kappa shape index (κ1) is 13.1. The summed E-state index contributed by atoms with van der Waals surface area (Å²) in [6, 6.07) is -0.278. The predicted octanol–water partition coefficient (Wildman–Crippen LogP) is 1.88. The second-order valence-electron chi connectivity index (χ2n) is 4.63. The van der Waals surface area contributed by atoms with Gasteiger partial charge in [-0.05, 0) is 38.1 Å². The van der Waals surface area contributed by atoms with Crippen molar-refractivity contribution in [3.63, 3.8) is 0 Å². The highest BCUT2D eigenvalue weighted by atomic mass is 16.4. The van der Waals surface area contributed by atoms with E-state index >= 15 is 0 Å². The smallest absolute Gasteiger partial charge is 0.320 e. The summed E-state index contributed by atoms with van der Waals surface area (Å²) in [4.78, 5) is 10.8. The monoisotopic (exact) mass is 223 g/mol. The highest BCUT2D eigenvalue weighted by molar-refractivity contribution is 5.73. The first-order chi connectivity index (χ1) is 7.69. The molecule has 1 aliphatic carbocycles. The van der Waals surface area contributed by atoms with Crippen LogP contribution in [0.25, 0.3) is 0 Å². The molecule has 0 spiro atoms. The second kappa shape index (κ2) is 6.55. The molecule has 1 saturated carbocycles. The van der Waals surface area contributed by atoms with Crippen molar-refractivity contribution in [2.45, 2.75) is 45.1 Å². The minimum absolute atomic E-state index is 0.278. The van der Waals surface area contributed by atoms with E-state index < -0.39 is 5.97 Å². The number of aliphatic carboxylic acids is 1. The zero-order valence-corrected chi connectivity index (χ0v) is 9.91. The molecule has 2 aliphatic rings. The topological polar surface area (TPSA) is 49.3 Å². The zero-order valence-electron chi connectivity index (χ0n) is 9.91. The van der Waals surface area contributed by atoms with Crippen LogP contribution in [0.4, 0.5) is 0 Å². The van der Waals surface area contributed by atoms with E-state index in [-0.39, 0.29) is 6.04 Å². The van der Waals surface area contributed by atoms with Crippen molar-refractivity contribution in [1.29, 1.82) is 0 Å². The summed E-state index contributed by atoms with van der Waals surface area (Å²) in [6.07, 6.45) is 10.6. The second-order valence-corrected chi connectivity index (χ2v) is 4.63. The van der Waals surface area contributed by atoms with Crippen LogP contribution in [0, 0.1) is 24.2 Å². The van der Waals surface area contributed by atoms with Crippen LogP contribution in [-0.4, -0.2) is 23.7 Å². The van der Waals surface area contributed by atoms with Crippen molar-refractivity contribution in [2.24, 2.45) is 11.8 Å². The molecule has 16 heavy (non-hydrogen) atoms. The van der Waals surface area contributed by atoms with Crippen molar-refractivity contribution < 1.29 is 9.90 Å². The molecule has 0 bridgehead atoms. The van der Waals surface area contributed by atoms with Gasteiger partial charge in [0.25, 0.3) is 0 Å². The molecular weight excluding hydrogens is 202 g/mol. The molecule has 1 aliphatic heterocycles. The number of carboxylic acids is 1. The van der Waals surface area contributed by atoms with Crippen LogP contribution in [0.15, 0.2) is 0 Å². The number of terminal acetylenes is 1. The third kappa shape index (κ3) is 3.53. The maximum Gasteiger partial charge on any atom is 0.320 e. The van der Waals surface area contributed by atoms with E-state index in [0.29, 0.717) is 5.92 Å². The Morgan fingerprint density at radius 2 is 1.94 bits per heavy atom. The molecule has 3 heteroatoms. The molecule has 3 atom stereocenters. The fraction of sp³-hybridized carbons (Fsp3) is 0.769. The van der Waals surface area contributed by atoms with Gasteiger partial charge in [-0.15, -0.1) is 12.3 Å². The van der Waals surface area contributed by atoms with Crippen molar-refractivity contribution in [2.75, 3.05) is 6.54 Å². The molecule has 0 amide bonds. The normalized spacial score (nSPS) is 32.6. The maximum absolute atomic E-state index is 10.8. The largest absolute Gasteiger partial charge is 0.480 e. The molecule has 0 radical (unpaired) electrons. The molecule has 1 saturated heterocycles. The summed E-state index contributed by atoms with van der Waals surface area (Å²) in [5.74, 6) is 3.00. The van der Waals surface area contributed by atoms with Crippen molar-refractivity contribution in [3.05, 3.63) is 0 Å². The fourth-order valence-corrected chi connectivity index (χ4v) is 2.73. The first-order valence-corrected chi connectivity index (χ1v) is 6.02. The van der Waals surface area contributed by atoms with Gasteiger partial charge in [0.15, 0.2) is 0 Å². The van der Waals surface area contributed by atoms with Crippen LogP contribution < -0.4 is 5.32 Å². The summed E-state index contributed by atoms with van der Waals surface area (Å²) >= 11 is 0. The highest BCUT2D eigenvalue weighted by Crippen LogP contribution is 2.35. The lowest BCUT2D eigenvalue weighted by molar-refractivity contribution is -0.141. The van der Waals surface area contributed by atoms with Crippen LogP contribution in [0.3, 0.4) is 0 Å². The Kier molecular flexibility index (Phi) is 5.34. The van der Waals surface area contributed by atoms with E-state index in [9.17, 15) is 4.79 Å². The molecule has 2 N–H and O–H groups in total. The van der Waals surface area contributed by atoms with Gasteiger partial charge in [0.05, 0.1) is 0 Å². The van der Waals surface area contributed by atoms with Crippen molar-refractivity contribution >= 4 is 5.97 Å². The zero-order chi connectivity index (χ0) is 12.0. The Labute approximate surface area is 97.6 Å². The van der Waals surface area contributed by atoms with E-state index in [1.165, 1.54) is 25.7 Å². The number of hydrogen-bond acceptors (Lipinski definition) is 2. The Hall–Kier alpha value is -1.01. The molecule has 0 unspecified atom stereocenters. The number of hydrogen-bond donors (Lipinski definition) is 2. The van der Waals surface area contributed by atoms with Gasteiger partial charge in [-0.2, -0.15) is 0 Å². The van der Waals surface area contributed by atoms with Crippen molar-refractivity contribution in [3.8, 4) is 12.3 Å². The molecular formula is C13H21NO2. The Morgan fingerprint density at radius 1 is 1.38 bits per heavy atom. The lowest BCUT2D eigenvalue weighted by atomic mass is 9.74. The van der Waals surface area contributed by atoms with E-state index in [4.69, 9.17) is 5.11 Å². The number of carboxylic acid groups (broad SMARTS) is 1. The van der Waals surface area contributed by atoms with E-state index in [1.54, 1.807) is 6.92 Å². The SMILES string of the molecule is C#CC.O=C(O)[C@@H]1C[C@@H]2CCCC[C@@H]2CN1. The summed E-state index contributed by atoms with van der Waals surface area (Å²) in [5, 5.41) is 12.0. The van der Waals surface area contributed by atoms with Crippen LogP contribution in [0.5, 0.6) is 0 Å². The van der Waals surface area contributed by atoms with Gasteiger partial charge >= 0.3 is 5.97 Å². The highest BCUT2D eigenvalue weighted by Gasteiger charge is 2.34. The minimum atomic E-state index is -0.677. The number of piperidine rings is 1. The Balaban J connectivity index is 0.000000386. The van der Waals surface area contributed by atoms with Gasteiger partial charge in [0, 0.05) is 0 Å². The van der Waals surface area contributed by atoms with Crippen molar-refractivity contribution in [1.82, 2.24) is 5.32 Å². The van der Waals surface area contributed by atoms with E-state index in [2.05, 4.69) is 17.7 Å². The molecule has 0 aromatic rings. The minimum Gasteiger partial charge on any atom is -0.480 e. The van der Waals surface area contributed by atoms with Crippen LogP contribution in [-0.2, 0) is 4.79 Å². The Bertz CT molecular complexity index is 270. The van der Waals surface area contributed by atoms with Gasteiger partial charge in [-0.3, -0.25) is 4.79 Å². The average Bonchev–Trinajstić information content (AvgIpc) is 2.29. The first-order valence-electron chi connectivity index (χ1n) is 6.02. The number of nitrogens with one attached hydrogen (secondary N) is 1. The molecule has 1 heterocycles. The Morgan fingerprint density at radius 3 is 2.50 bits per heavy atom. The summed E-state index contributed by atoms with van der Waals surface area (Å²) < 4.78 is 0. The molecule has 0 aromatic heterocycles. The molecule has 2 fully saturated rings. The van der Waals surface area contributed by atoms with Gasteiger partial charge in [-0.1, -0.05) is 19.3 Å². The van der Waals surface area contributed by atoms with Crippen LogP contribution >= 0.6 is 0 Å². The lowest BCUT2D eigenvalue weighted by Crippen LogP contribution is -2.48. The predicted molar refractivity (Wildman–Crippen MR) is 64.0 cm³/mol. The third-order valence-corrected chi connectivity index (χ3v) is 3.53. The van der Waals surface area contributed by atoms with E-state index in [1.807, 2.05) is 0 Å². The summed E-state index contributed by atoms with van der Waals surface area (Å²) in [5.41, 5.74) is 0.